The topological polar surface area (TPSA) is 34.4 Å². The van der Waals surface area contributed by atoms with Crippen molar-refractivity contribution in [3.8, 4) is 5.75 Å². The molecule has 2 rings (SSSR count). The lowest BCUT2D eigenvalue weighted by atomic mass is 10.3. The lowest BCUT2D eigenvalue weighted by Gasteiger charge is -2.05. The van der Waals surface area contributed by atoms with Crippen LogP contribution in [0.15, 0.2) is 34.9 Å². The Balaban J connectivity index is 1.85. The normalized spacial score (nSPS) is 10.8. The van der Waals surface area contributed by atoms with Gasteiger partial charge in [0.15, 0.2) is 0 Å². The van der Waals surface area contributed by atoms with Gasteiger partial charge in [-0.2, -0.15) is 0 Å². The molecule has 0 saturated heterocycles. The summed E-state index contributed by atoms with van der Waals surface area (Å²) < 4.78 is 11.1. The van der Waals surface area contributed by atoms with E-state index in [9.17, 15) is 0 Å². The van der Waals surface area contributed by atoms with E-state index in [1.807, 2.05) is 6.07 Å². The molecule has 0 fully saturated rings. The molecule has 0 bridgehead atoms. The number of ether oxygens (including phenoxy) is 1. The Hall–Kier alpha value is -1.16. The van der Waals surface area contributed by atoms with E-state index in [2.05, 4.69) is 12.2 Å². The molecule has 0 amide bonds. The first kappa shape index (κ1) is 15.2. The summed E-state index contributed by atoms with van der Waals surface area (Å²) in [7, 11) is 0. The highest BCUT2D eigenvalue weighted by Gasteiger charge is 2.04. The summed E-state index contributed by atoms with van der Waals surface area (Å²) in [6.45, 7) is 4.31. The zero-order chi connectivity index (χ0) is 14.4. The fourth-order valence-corrected chi connectivity index (χ4v) is 2.01. The van der Waals surface area contributed by atoms with Gasteiger partial charge in [-0.05, 0) is 31.2 Å². The number of benzene rings is 1. The summed E-state index contributed by atoms with van der Waals surface area (Å²) in [5, 5.41) is 4.31. The molecule has 5 heteroatoms. The Morgan fingerprint density at radius 1 is 1.20 bits per heavy atom. The van der Waals surface area contributed by atoms with Gasteiger partial charge in [0.2, 0.25) is 0 Å². The quantitative estimate of drug-likeness (QED) is 0.755. The molecule has 1 aromatic carbocycles. The molecule has 0 saturated carbocycles. The van der Waals surface area contributed by atoms with Crippen LogP contribution >= 0.6 is 23.2 Å². The van der Waals surface area contributed by atoms with Gasteiger partial charge in [0.1, 0.15) is 18.1 Å². The fraction of sp³-hybridized carbons (Fsp3) is 0.333. The summed E-state index contributed by atoms with van der Waals surface area (Å²) >= 11 is 11.8. The zero-order valence-corrected chi connectivity index (χ0v) is 12.8. The Morgan fingerprint density at radius 2 is 2.05 bits per heavy atom. The van der Waals surface area contributed by atoms with E-state index in [0.29, 0.717) is 22.4 Å². The monoisotopic (exact) mass is 313 g/mol. The van der Waals surface area contributed by atoms with Gasteiger partial charge in [0.25, 0.3) is 0 Å². The van der Waals surface area contributed by atoms with Crippen LogP contribution in [0.2, 0.25) is 10.0 Å². The summed E-state index contributed by atoms with van der Waals surface area (Å²) in [4.78, 5) is 0. The minimum atomic E-state index is 0.367. The summed E-state index contributed by atoms with van der Waals surface area (Å²) in [5.74, 6) is 1.45. The smallest absolute Gasteiger partial charge is 0.146 e. The van der Waals surface area contributed by atoms with Crippen molar-refractivity contribution in [2.45, 2.75) is 26.5 Å². The van der Waals surface area contributed by atoms with Crippen molar-refractivity contribution in [2.75, 3.05) is 6.54 Å². The first-order chi connectivity index (χ1) is 9.69. The minimum Gasteiger partial charge on any atom is -0.486 e. The number of furan rings is 1. The van der Waals surface area contributed by atoms with E-state index in [1.165, 1.54) is 0 Å². The van der Waals surface area contributed by atoms with Crippen molar-refractivity contribution in [3.63, 3.8) is 0 Å². The van der Waals surface area contributed by atoms with Crippen molar-refractivity contribution in [1.29, 1.82) is 0 Å². The van der Waals surface area contributed by atoms with E-state index in [4.69, 9.17) is 32.4 Å². The third-order valence-electron chi connectivity index (χ3n) is 2.74. The van der Waals surface area contributed by atoms with Crippen LogP contribution in [0.1, 0.15) is 24.7 Å². The molecule has 0 aliphatic heterocycles. The maximum absolute atomic E-state index is 5.93. The predicted octanol–water partition coefficient (Wildman–Crippen LogP) is 4.67. The molecule has 0 aliphatic carbocycles. The second-order valence-corrected chi connectivity index (χ2v) is 5.28. The molecule has 2 aromatic rings. The molecule has 1 N–H and O–H groups in total. The maximum Gasteiger partial charge on any atom is 0.146 e. The Bertz CT molecular complexity index is 555. The van der Waals surface area contributed by atoms with Gasteiger partial charge in [-0.15, -0.1) is 0 Å². The van der Waals surface area contributed by atoms with E-state index in [0.717, 1.165) is 30.8 Å². The van der Waals surface area contributed by atoms with Crippen molar-refractivity contribution >= 4 is 23.2 Å². The van der Waals surface area contributed by atoms with Crippen LogP contribution in [0.5, 0.6) is 5.75 Å². The third kappa shape index (κ3) is 4.44. The fourth-order valence-electron chi connectivity index (χ4n) is 1.73. The largest absolute Gasteiger partial charge is 0.486 e. The molecular weight excluding hydrogens is 297 g/mol. The molecular formula is C15H17Cl2NO2. The van der Waals surface area contributed by atoms with E-state index < -0.39 is 0 Å². The molecule has 0 atom stereocenters. The first-order valence-electron chi connectivity index (χ1n) is 6.54. The zero-order valence-electron chi connectivity index (χ0n) is 11.3. The molecule has 0 unspecified atom stereocenters. The second kappa shape index (κ2) is 7.58. The molecule has 108 valence electrons. The van der Waals surface area contributed by atoms with Gasteiger partial charge in [-0.3, -0.25) is 0 Å². The van der Waals surface area contributed by atoms with Crippen LogP contribution in [0.3, 0.4) is 0 Å². The molecule has 3 nitrogen and oxygen atoms in total. The van der Waals surface area contributed by atoms with E-state index in [-0.39, 0.29) is 0 Å². The van der Waals surface area contributed by atoms with Gasteiger partial charge < -0.3 is 14.5 Å². The highest BCUT2D eigenvalue weighted by Crippen LogP contribution is 2.26. The number of hydrogen-bond donors (Lipinski definition) is 1. The lowest BCUT2D eigenvalue weighted by molar-refractivity contribution is 0.270. The van der Waals surface area contributed by atoms with Gasteiger partial charge in [-0.25, -0.2) is 0 Å². The molecule has 0 spiro atoms. The molecule has 0 radical (unpaired) electrons. The number of nitrogens with one attached hydrogen (secondary N) is 1. The summed E-state index contributed by atoms with van der Waals surface area (Å²) in [5.41, 5.74) is 1.12. The Kier molecular flexibility index (Phi) is 5.77. The van der Waals surface area contributed by atoms with Crippen LogP contribution in [0.25, 0.3) is 0 Å². The Labute approximate surface area is 128 Å². The Morgan fingerprint density at radius 3 is 2.80 bits per heavy atom. The van der Waals surface area contributed by atoms with Crippen LogP contribution in [-0.4, -0.2) is 6.54 Å². The van der Waals surface area contributed by atoms with Crippen LogP contribution in [-0.2, 0) is 13.2 Å². The number of hydrogen-bond acceptors (Lipinski definition) is 3. The maximum atomic E-state index is 5.93. The van der Waals surface area contributed by atoms with Crippen molar-refractivity contribution in [2.24, 2.45) is 0 Å². The van der Waals surface area contributed by atoms with E-state index >= 15 is 0 Å². The highest BCUT2D eigenvalue weighted by atomic mass is 35.5. The summed E-state index contributed by atoms with van der Waals surface area (Å²) in [6.07, 6.45) is 2.86. The van der Waals surface area contributed by atoms with Crippen molar-refractivity contribution < 1.29 is 9.15 Å². The van der Waals surface area contributed by atoms with Crippen molar-refractivity contribution in [3.05, 3.63) is 51.9 Å². The molecule has 1 aromatic heterocycles. The van der Waals surface area contributed by atoms with Gasteiger partial charge in [0, 0.05) is 18.2 Å². The molecule has 20 heavy (non-hydrogen) atoms. The first-order valence-corrected chi connectivity index (χ1v) is 7.29. The highest BCUT2D eigenvalue weighted by molar-refractivity contribution is 6.42. The van der Waals surface area contributed by atoms with Gasteiger partial charge >= 0.3 is 0 Å². The molecule has 1 heterocycles. The van der Waals surface area contributed by atoms with Crippen LogP contribution < -0.4 is 10.1 Å². The average Bonchev–Trinajstić information content (AvgIpc) is 2.88. The van der Waals surface area contributed by atoms with E-state index in [1.54, 1.807) is 24.5 Å². The van der Waals surface area contributed by atoms with Gasteiger partial charge in [0.05, 0.1) is 16.3 Å². The predicted molar refractivity (Wildman–Crippen MR) is 81.5 cm³/mol. The lowest BCUT2D eigenvalue weighted by Crippen LogP contribution is -2.13. The molecule has 0 aliphatic rings. The average molecular weight is 314 g/mol. The van der Waals surface area contributed by atoms with Gasteiger partial charge in [-0.1, -0.05) is 30.1 Å². The van der Waals surface area contributed by atoms with Crippen molar-refractivity contribution in [1.82, 2.24) is 5.32 Å². The second-order valence-electron chi connectivity index (χ2n) is 4.46. The number of halogens is 2. The third-order valence-corrected chi connectivity index (χ3v) is 3.48. The minimum absolute atomic E-state index is 0.367. The number of rotatable bonds is 7. The van der Waals surface area contributed by atoms with Crippen LogP contribution in [0.4, 0.5) is 0 Å². The summed E-state index contributed by atoms with van der Waals surface area (Å²) in [6, 6.07) is 7.17. The van der Waals surface area contributed by atoms with Crippen LogP contribution in [0, 0.1) is 0 Å². The standard InChI is InChI=1S/C15H17Cl2NO2/c1-2-5-18-8-11-6-13(19-9-11)10-20-12-3-4-14(16)15(17)7-12/h3-4,6-7,9,18H,2,5,8,10H2,1H3. The SMILES string of the molecule is CCCNCc1coc(COc2ccc(Cl)c(Cl)c2)c1.